The third-order valence-corrected chi connectivity index (χ3v) is 6.18. The predicted molar refractivity (Wildman–Crippen MR) is 129 cm³/mol. The van der Waals surface area contributed by atoms with Crippen molar-refractivity contribution in [2.24, 2.45) is 5.92 Å². The number of amides is 1. The maximum atomic E-state index is 12.7. The second-order valence-corrected chi connectivity index (χ2v) is 8.85. The van der Waals surface area contributed by atoms with Gasteiger partial charge in [0.05, 0.1) is 24.7 Å². The highest BCUT2D eigenvalue weighted by Gasteiger charge is 2.27. The fourth-order valence-corrected chi connectivity index (χ4v) is 4.13. The number of hydrogen-bond acceptors (Lipinski definition) is 7. The van der Waals surface area contributed by atoms with Gasteiger partial charge in [-0.05, 0) is 69.3 Å². The lowest BCUT2D eigenvalue weighted by molar-refractivity contribution is -0.127. The number of likely N-dealkylation sites (tertiary alicyclic amines) is 1. The van der Waals surface area contributed by atoms with Crippen molar-refractivity contribution in [3.05, 3.63) is 59.4 Å². The number of ether oxygens (including phenoxy) is 2. The second-order valence-electron chi connectivity index (χ2n) is 8.44. The van der Waals surface area contributed by atoms with Crippen LogP contribution in [0.15, 0.2) is 53.1 Å². The van der Waals surface area contributed by atoms with E-state index in [2.05, 4.69) is 20.4 Å². The number of carbonyl (C=O) groups is 1. The van der Waals surface area contributed by atoms with Crippen LogP contribution >= 0.6 is 11.6 Å². The Kier molecular flexibility index (Phi) is 8.03. The zero-order valence-electron chi connectivity index (χ0n) is 19.4. The summed E-state index contributed by atoms with van der Waals surface area (Å²) in [5.74, 6) is 2.61. The highest BCUT2D eigenvalue weighted by molar-refractivity contribution is 6.33. The van der Waals surface area contributed by atoms with Crippen molar-refractivity contribution in [2.75, 3.05) is 26.8 Å². The Morgan fingerprint density at radius 1 is 1.18 bits per heavy atom. The molecule has 8 nitrogen and oxygen atoms in total. The summed E-state index contributed by atoms with van der Waals surface area (Å²) in [6.45, 7) is 4.49. The minimum Gasteiger partial charge on any atom is -0.497 e. The van der Waals surface area contributed by atoms with Crippen molar-refractivity contribution in [3.8, 4) is 22.9 Å². The molecule has 0 bridgehead atoms. The number of carbonyl (C=O) groups excluding carboxylic acids is 1. The fourth-order valence-electron chi connectivity index (χ4n) is 3.91. The first-order valence-corrected chi connectivity index (χ1v) is 11.8. The molecule has 0 spiro atoms. The van der Waals surface area contributed by atoms with Gasteiger partial charge < -0.3 is 19.3 Å². The van der Waals surface area contributed by atoms with E-state index in [1.807, 2.05) is 49.4 Å². The number of aromatic nitrogens is 2. The smallest absolute Gasteiger partial charge is 0.241 e. The van der Waals surface area contributed by atoms with E-state index >= 15 is 0 Å². The summed E-state index contributed by atoms with van der Waals surface area (Å²) in [6.07, 6.45) is 1.56. The van der Waals surface area contributed by atoms with Gasteiger partial charge in [0.25, 0.3) is 0 Å². The van der Waals surface area contributed by atoms with Crippen LogP contribution in [0, 0.1) is 5.92 Å². The third kappa shape index (κ3) is 6.27. The normalized spacial score (nSPS) is 15.6. The highest BCUT2D eigenvalue weighted by Crippen LogP contribution is 2.26. The quantitative estimate of drug-likeness (QED) is 0.487. The van der Waals surface area contributed by atoms with Crippen LogP contribution in [0.1, 0.15) is 25.7 Å². The van der Waals surface area contributed by atoms with E-state index in [4.69, 9.17) is 25.6 Å². The van der Waals surface area contributed by atoms with E-state index in [9.17, 15) is 4.79 Å². The van der Waals surface area contributed by atoms with Crippen LogP contribution in [0.4, 0.5) is 0 Å². The standard InChI is InChI=1S/C25H29ClN4O4/c1-17(16-33-20-9-7-19(32-2)8-10-20)27-25(31)18-11-13-30(14-12-18)15-23-28-24(29-34-23)21-5-3-4-6-22(21)26/h3-10,17-18H,11-16H2,1-2H3,(H,27,31). The molecule has 0 aliphatic carbocycles. The molecule has 1 saturated heterocycles. The summed E-state index contributed by atoms with van der Waals surface area (Å²) >= 11 is 6.22. The molecular formula is C25H29ClN4O4. The molecule has 2 aromatic carbocycles. The van der Waals surface area contributed by atoms with Crippen LogP contribution < -0.4 is 14.8 Å². The fraction of sp³-hybridized carbons (Fsp3) is 0.400. The lowest BCUT2D eigenvalue weighted by Gasteiger charge is -2.30. The number of nitrogens with zero attached hydrogens (tertiary/aromatic N) is 3. The van der Waals surface area contributed by atoms with E-state index in [0.29, 0.717) is 29.9 Å². The molecule has 1 fully saturated rings. The molecule has 1 unspecified atom stereocenters. The molecule has 1 aliphatic heterocycles. The van der Waals surface area contributed by atoms with Crippen LogP contribution in [0.3, 0.4) is 0 Å². The molecule has 1 amide bonds. The molecule has 1 atom stereocenters. The van der Waals surface area contributed by atoms with E-state index < -0.39 is 0 Å². The largest absolute Gasteiger partial charge is 0.497 e. The maximum absolute atomic E-state index is 12.7. The first kappa shape index (κ1) is 24.0. The van der Waals surface area contributed by atoms with Crippen LogP contribution in [0.25, 0.3) is 11.4 Å². The van der Waals surface area contributed by atoms with E-state index in [1.165, 1.54) is 0 Å². The summed E-state index contributed by atoms with van der Waals surface area (Å²) in [4.78, 5) is 19.4. The lowest BCUT2D eigenvalue weighted by atomic mass is 9.95. The molecule has 0 radical (unpaired) electrons. The number of halogens is 1. The van der Waals surface area contributed by atoms with Gasteiger partial charge in [-0.3, -0.25) is 9.69 Å². The van der Waals surface area contributed by atoms with Gasteiger partial charge in [-0.1, -0.05) is 28.9 Å². The van der Waals surface area contributed by atoms with Gasteiger partial charge >= 0.3 is 0 Å². The summed E-state index contributed by atoms with van der Waals surface area (Å²) in [6, 6.07) is 14.7. The molecule has 3 aromatic rings. The Labute approximate surface area is 204 Å². The van der Waals surface area contributed by atoms with Gasteiger partial charge in [0.15, 0.2) is 0 Å². The van der Waals surface area contributed by atoms with Crippen LogP contribution in [0.2, 0.25) is 5.02 Å². The van der Waals surface area contributed by atoms with Crippen molar-refractivity contribution in [2.45, 2.75) is 32.4 Å². The molecule has 9 heteroatoms. The molecule has 34 heavy (non-hydrogen) atoms. The van der Waals surface area contributed by atoms with Crippen molar-refractivity contribution < 1.29 is 18.8 Å². The van der Waals surface area contributed by atoms with E-state index in [1.54, 1.807) is 13.2 Å². The Morgan fingerprint density at radius 3 is 2.59 bits per heavy atom. The minimum absolute atomic E-state index is 0.0129. The van der Waals surface area contributed by atoms with Crippen molar-refractivity contribution in [3.63, 3.8) is 0 Å². The Bertz CT molecular complexity index is 1080. The number of benzene rings is 2. The van der Waals surface area contributed by atoms with Crippen LogP contribution in [-0.2, 0) is 11.3 Å². The van der Waals surface area contributed by atoms with Gasteiger partial charge in [0.2, 0.25) is 17.6 Å². The average Bonchev–Trinajstić information content (AvgIpc) is 3.32. The molecule has 4 rings (SSSR count). The first-order chi connectivity index (χ1) is 16.5. The SMILES string of the molecule is COc1ccc(OCC(C)NC(=O)C2CCN(Cc3nc(-c4ccccc4Cl)no3)CC2)cc1. The number of rotatable bonds is 9. The van der Waals surface area contributed by atoms with Gasteiger partial charge in [-0.25, -0.2) is 0 Å². The summed E-state index contributed by atoms with van der Waals surface area (Å²) in [7, 11) is 1.63. The maximum Gasteiger partial charge on any atom is 0.241 e. The molecule has 1 aromatic heterocycles. The van der Waals surface area contributed by atoms with Crippen LogP contribution in [-0.4, -0.2) is 53.8 Å². The zero-order valence-corrected chi connectivity index (χ0v) is 20.1. The van der Waals surface area contributed by atoms with Crippen LogP contribution in [0.5, 0.6) is 11.5 Å². The zero-order chi connectivity index (χ0) is 23.9. The first-order valence-electron chi connectivity index (χ1n) is 11.4. The Hall–Kier alpha value is -3.10. The second kappa shape index (κ2) is 11.4. The Morgan fingerprint density at radius 2 is 1.88 bits per heavy atom. The molecule has 2 heterocycles. The van der Waals surface area contributed by atoms with E-state index in [-0.39, 0.29) is 17.9 Å². The number of methoxy groups -OCH3 is 1. The predicted octanol–water partition coefficient (Wildman–Crippen LogP) is 4.19. The third-order valence-electron chi connectivity index (χ3n) is 5.85. The molecule has 1 N–H and O–H groups in total. The number of hydrogen-bond donors (Lipinski definition) is 1. The lowest BCUT2D eigenvalue weighted by Crippen LogP contribution is -2.44. The minimum atomic E-state index is -0.0887. The summed E-state index contributed by atoms with van der Waals surface area (Å²) < 4.78 is 16.3. The number of piperidine rings is 1. The average molecular weight is 485 g/mol. The Balaban J connectivity index is 1.19. The molecule has 1 aliphatic rings. The highest BCUT2D eigenvalue weighted by atomic mass is 35.5. The van der Waals surface area contributed by atoms with Crippen molar-refractivity contribution in [1.29, 1.82) is 0 Å². The molecular weight excluding hydrogens is 456 g/mol. The molecule has 0 saturated carbocycles. The number of nitrogens with one attached hydrogen (secondary N) is 1. The van der Waals surface area contributed by atoms with Gasteiger partial charge in [0.1, 0.15) is 18.1 Å². The van der Waals surface area contributed by atoms with Gasteiger partial charge in [0, 0.05) is 11.5 Å². The van der Waals surface area contributed by atoms with Crippen molar-refractivity contribution in [1.82, 2.24) is 20.4 Å². The van der Waals surface area contributed by atoms with Gasteiger partial charge in [-0.15, -0.1) is 0 Å². The molecule has 180 valence electrons. The van der Waals surface area contributed by atoms with Crippen molar-refractivity contribution >= 4 is 17.5 Å². The summed E-state index contributed by atoms with van der Waals surface area (Å²) in [5.41, 5.74) is 0.750. The van der Waals surface area contributed by atoms with E-state index in [0.717, 1.165) is 43.0 Å². The topological polar surface area (TPSA) is 89.7 Å². The summed E-state index contributed by atoms with van der Waals surface area (Å²) in [5, 5.41) is 7.72. The monoisotopic (exact) mass is 484 g/mol. The van der Waals surface area contributed by atoms with Gasteiger partial charge in [-0.2, -0.15) is 4.98 Å².